The number of halogens is 1. The number of nitrogens with zero attached hydrogens (tertiary/aromatic N) is 1. The molecule has 2 rings (SSSR count). The van der Waals surface area contributed by atoms with Crippen molar-refractivity contribution < 1.29 is 4.39 Å². The van der Waals surface area contributed by atoms with Crippen LogP contribution in [0.2, 0.25) is 0 Å². The molecule has 1 aromatic carbocycles. The highest BCUT2D eigenvalue weighted by Crippen LogP contribution is 2.28. The van der Waals surface area contributed by atoms with E-state index < -0.39 is 0 Å². The lowest BCUT2D eigenvalue weighted by Crippen LogP contribution is -2.39. The summed E-state index contributed by atoms with van der Waals surface area (Å²) in [6.45, 7) is 5.71. The van der Waals surface area contributed by atoms with Crippen LogP contribution in [0.15, 0.2) is 23.2 Å². The minimum atomic E-state index is -0.177. The Morgan fingerprint density at radius 2 is 2.19 bits per heavy atom. The van der Waals surface area contributed by atoms with Crippen molar-refractivity contribution in [3.63, 3.8) is 0 Å². The Kier molecular flexibility index (Phi) is 5.91. The fourth-order valence-electron chi connectivity index (χ4n) is 2.22. The maximum absolute atomic E-state index is 13.3. The van der Waals surface area contributed by atoms with Gasteiger partial charge in [0.05, 0.1) is 6.54 Å². The lowest BCUT2D eigenvalue weighted by molar-refractivity contribution is 0.625. The van der Waals surface area contributed by atoms with Gasteiger partial charge in [-0.1, -0.05) is 13.0 Å². The topological polar surface area (TPSA) is 36.4 Å². The molecule has 1 fully saturated rings. The second kappa shape index (κ2) is 7.69. The van der Waals surface area contributed by atoms with Gasteiger partial charge < -0.3 is 10.6 Å². The van der Waals surface area contributed by atoms with E-state index in [-0.39, 0.29) is 5.82 Å². The zero-order chi connectivity index (χ0) is 15.2. The quantitative estimate of drug-likeness (QED) is 0.626. The van der Waals surface area contributed by atoms with Gasteiger partial charge >= 0.3 is 0 Å². The first-order valence-electron chi connectivity index (χ1n) is 7.45. The molecule has 3 nitrogen and oxygen atoms in total. The first-order chi connectivity index (χ1) is 10.1. The lowest BCUT2D eigenvalue weighted by atomic mass is 10.1. The molecule has 0 bridgehead atoms. The summed E-state index contributed by atoms with van der Waals surface area (Å²) in [5, 5.41) is 6.70. The second-order valence-corrected chi connectivity index (χ2v) is 6.37. The maximum atomic E-state index is 13.3. The molecule has 1 aliphatic rings. The molecule has 21 heavy (non-hydrogen) atoms. The third kappa shape index (κ3) is 4.92. The van der Waals surface area contributed by atoms with Gasteiger partial charge in [0.1, 0.15) is 5.82 Å². The van der Waals surface area contributed by atoms with Gasteiger partial charge in [-0.05, 0) is 48.8 Å². The molecule has 2 N–H and O–H groups in total. The van der Waals surface area contributed by atoms with Gasteiger partial charge in [0.15, 0.2) is 5.96 Å². The van der Waals surface area contributed by atoms with E-state index in [9.17, 15) is 4.39 Å². The van der Waals surface area contributed by atoms with Gasteiger partial charge in [0.2, 0.25) is 0 Å². The molecule has 0 radical (unpaired) electrons. The predicted molar refractivity (Wildman–Crippen MR) is 89.1 cm³/mol. The smallest absolute Gasteiger partial charge is 0.191 e. The number of hydrogen-bond acceptors (Lipinski definition) is 2. The van der Waals surface area contributed by atoms with E-state index in [1.54, 1.807) is 17.8 Å². The number of rotatable bonds is 6. The number of benzene rings is 1. The average molecular weight is 309 g/mol. The zero-order valence-electron chi connectivity index (χ0n) is 12.9. The summed E-state index contributed by atoms with van der Waals surface area (Å²) in [5.74, 6) is 2.22. The van der Waals surface area contributed by atoms with Crippen LogP contribution in [-0.4, -0.2) is 24.8 Å². The third-order valence-electron chi connectivity index (χ3n) is 3.65. The standard InChI is InChI=1S/C16H24FN3S/c1-4-18-16(20-15-7-11(15)2)19-9-12-5-6-14(17)8-13(12)10-21-3/h5-6,8,11,15H,4,7,9-10H2,1-3H3,(H2,18,19,20). The molecule has 0 aromatic heterocycles. The molecular formula is C16H24FN3S. The zero-order valence-corrected chi connectivity index (χ0v) is 13.8. The summed E-state index contributed by atoms with van der Waals surface area (Å²) >= 11 is 1.70. The van der Waals surface area contributed by atoms with E-state index in [4.69, 9.17) is 0 Å². The Morgan fingerprint density at radius 3 is 2.81 bits per heavy atom. The van der Waals surface area contributed by atoms with Crippen LogP contribution in [0.3, 0.4) is 0 Å². The molecule has 0 heterocycles. The van der Waals surface area contributed by atoms with E-state index in [1.165, 1.54) is 12.5 Å². The lowest BCUT2D eigenvalue weighted by Gasteiger charge is -2.12. The summed E-state index contributed by atoms with van der Waals surface area (Å²) in [6.07, 6.45) is 3.23. The van der Waals surface area contributed by atoms with Crippen LogP contribution in [0, 0.1) is 11.7 Å². The molecule has 5 heteroatoms. The van der Waals surface area contributed by atoms with Gasteiger partial charge in [-0.3, -0.25) is 0 Å². The summed E-state index contributed by atoms with van der Waals surface area (Å²) in [7, 11) is 0. The predicted octanol–water partition coefficient (Wildman–Crippen LogP) is 3.15. The van der Waals surface area contributed by atoms with Crippen molar-refractivity contribution in [1.29, 1.82) is 0 Å². The normalized spacial score (nSPS) is 21.2. The summed E-state index contributed by atoms with van der Waals surface area (Å²) in [5.41, 5.74) is 2.12. The summed E-state index contributed by atoms with van der Waals surface area (Å²) in [6, 6.07) is 5.51. The van der Waals surface area contributed by atoms with Crippen molar-refractivity contribution in [1.82, 2.24) is 10.6 Å². The molecule has 0 amide bonds. The molecule has 116 valence electrons. The van der Waals surface area contributed by atoms with Gasteiger partial charge in [-0.15, -0.1) is 0 Å². The van der Waals surface area contributed by atoms with Crippen molar-refractivity contribution in [2.24, 2.45) is 10.9 Å². The van der Waals surface area contributed by atoms with Crippen LogP contribution in [-0.2, 0) is 12.3 Å². The summed E-state index contributed by atoms with van der Waals surface area (Å²) in [4.78, 5) is 4.63. The minimum absolute atomic E-state index is 0.177. The number of hydrogen-bond donors (Lipinski definition) is 2. The van der Waals surface area contributed by atoms with E-state index >= 15 is 0 Å². The Labute approximate surface area is 130 Å². The molecule has 1 aromatic rings. The van der Waals surface area contributed by atoms with Gasteiger partial charge in [0.25, 0.3) is 0 Å². The molecule has 2 atom stereocenters. The third-order valence-corrected chi connectivity index (χ3v) is 4.25. The average Bonchev–Trinajstić information content (AvgIpc) is 3.13. The minimum Gasteiger partial charge on any atom is -0.357 e. The van der Waals surface area contributed by atoms with Crippen LogP contribution in [0.5, 0.6) is 0 Å². The molecule has 2 unspecified atom stereocenters. The highest BCUT2D eigenvalue weighted by atomic mass is 32.2. The van der Waals surface area contributed by atoms with Crippen LogP contribution < -0.4 is 10.6 Å². The van der Waals surface area contributed by atoms with Gasteiger partial charge in [-0.2, -0.15) is 11.8 Å². The van der Waals surface area contributed by atoms with Gasteiger partial charge in [0, 0.05) is 18.3 Å². The van der Waals surface area contributed by atoms with Crippen LogP contribution in [0.25, 0.3) is 0 Å². The highest BCUT2D eigenvalue weighted by Gasteiger charge is 2.33. The molecule has 0 aliphatic heterocycles. The fraction of sp³-hybridized carbons (Fsp3) is 0.562. The van der Waals surface area contributed by atoms with Crippen molar-refractivity contribution >= 4 is 17.7 Å². The van der Waals surface area contributed by atoms with Crippen LogP contribution in [0.1, 0.15) is 31.4 Å². The van der Waals surface area contributed by atoms with E-state index in [0.717, 1.165) is 35.3 Å². The molecule has 1 aliphatic carbocycles. The number of guanidine groups is 1. The number of thioether (sulfide) groups is 1. The number of nitrogens with one attached hydrogen (secondary N) is 2. The largest absolute Gasteiger partial charge is 0.357 e. The van der Waals surface area contributed by atoms with Gasteiger partial charge in [-0.25, -0.2) is 9.38 Å². The summed E-state index contributed by atoms with van der Waals surface area (Å²) < 4.78 is 13.3. The highest BCUT2D eigenvalue weighted by molar-refractivity contribution is 7.97. The Balaban J connectivity index is 2.05. The van der Waals surface area contributed by atoms with Crippen molar-refractivity contribution in [3.8, 4) is 0 Å². The first-order valence-corrected chi connectivity index (χ1v) is 8.84. The Hall–Kier alpha value is -1.23. The molecular weight excluding hydrogens is 285 g/mol. The van der Waals surface area contributed by atoms with E-state index in [2.05, 4.69) is 29.5 Å². The molecule has 1 saturated carbocycles. The fourth-order valence-corrected chi connectivity index (χ4v) is 2.80. The van der Waals surface area contributed by atoms with Crippen molar-refractivity contribution in [2.45, 2.75) is 38.6 Å². The molecule has 0 saturated heterocycles. The first kappa shape index (κ1) is 16.1. The SMILES string of the molecule is CCNC(=NCc1ccc(F)cc1CSC)NC1CC1C. The maximum Gasteiger partial charge on any atom is 0.191 e. The number of aliphatic imine (C=N–C) groups is 1. The van der Waals surface area contributed by atoms with Crippen LogP contribution in [0.4, 0.5) is 4.39 Å². The monoisotopic (exact) mass is 309 g/mol. The Morgan fingerprint density at radius 1 is 1.43 bits per heavy atom. The van der Waals surface area contributed by atoms with E-state index in [1.807, 2.05) is 12.3 Å². The van der Waals surface area contributed by atoms with Crippen molar-refractivity contribution in [3.05, 3.63) is 35.1 Å². The van der Waals surface area contributed by atoms with E-state index in [0.29, 0.717) is 12.6 Å². The van der Waals surface area contributed by atoms with Crippen molar-refractivity contribution in [2.75, 3.05) is 12.8 Å². The Bertz CT molecular complexity index is 504. The van der Waals surface area contributed by atoms with Crippen LogP contribution >= 0.6 is 11.8 Å². The second-order valence-electron chi connectivity index (χ2n) is 5.51. The molecule has 0 spiro atoms.